The number of nitrogens with one attached hydrogen (secondary N) is 2. The van der Waals surface area contributed by atoms with Gasteiger partial charge in [0.15, 0.2) is 0 Å². The van der Waals surface area contributed by atoms with Crippen molar-refractivity contribution in [1.29, 1.82) is 0 Å². The van der Waals surface area contributed by atoms with Crippen molar-refractivity contribution in [2.24, 2.45) is 5.92 Å². The van der Waals surface area contributed by atoms with E-state index < -0.39 is 22.0 Å². The predicted octanol–water partition coefficient (Wildman–Crippen LogP) is 5.37. The first-order valence-electron chi connectivity index (χ1n) is 13.2. The monoisotopic (exact) mass is 579 g/mol. The van der Waals surface area contributed by atoms with Crippen LogP contribution in [0.2, 0.25) is 0 Å². The van der Waals surface area contributed by atoms with Gasteiger partial charge in [0.05, 0.1) is 21.6 Å². The van der Waals surface area contributed by atoms with Gasteiger partial charge in [-0.3, -0.25) is 4.31 Å². The average molecular weight is 580 g/mol. The molecule has 3 aromatic rings. The van der Waals surface area contributed by atoms with Crippen LogP contribution in [0.4, 0.5) is 29.3 Å². The number of aromatic nitrogens is 2. The zero-order valence-corrected chi connectivity index (χ0v) is 23.1. The number of ether oxygens (including phenoxy) is 1. The van der Waals surface area contributed by atoms with Gasteiger partial charge >= 0.3 is 12.2 Å². The number of fused-ring (bicyclic) bond motifs is 1. The Hall–Kier alpha value is -3.32. The molecule has 216 valence electrons. The van der Waals surface area contributed by atoms with E-state index in [4.69, 9.17) is 4.74 Å². The molecule has 2 fully saturated rings. The van der Waals surface area contributed by atoms with E-state index in [1.807, 2.05) is 6.92 Å². The summed E-state index contributed by atoms with van der Waals surface area (Å²) < 4.78 is 75.8. The van der Waals surface area contributed by atoms with Gasteiger partial charge in [-0.25, -0.2) is 18.2 Å². The topological polar surface area (TPSA) is 106 Å². The molecule has 1 saturated carbocycles. The van der Waals surface area contributed by atoms with E-state index in [1.165, 1.54) is 54.1 Å². The SMILES string of the molecule is CN(c1ccc2c(c1)nc(C(F)(F)F)n2CC1CCOCC1)S(=O)(=O)c1ccc(NC(=O)NC2(C)CCC2)cc1. The van der Waals surface area contributed by atoms with Crippen LogP contribution in [0, 0.1) is 5.92 Å². The number of benzene rings is 2. The number of imidazole rings is 1. The lowest BCUT2D eigenvalue weighted by atomic mass is 9.79. The number of carbonyl (C=O) groups excluding carboxylic acids is 1. The summed E-state index contributed by atoms with van der Waals surface area (Å²) in [5.74, 6) is -0.977. The van der Waals surface area contributed by atoms with Crippen LogP contribution in [0.25, 0.3) is 11.0 Å². The van der Waals surface area contributed by atoms with Crippen LogP contribution in [-0.4, -0.2) is 49.8 Å². The number of nitrogens with zero attached hydrogens (tertiary/aromatic N) is 3. The molecule has 13 heteroatoms. The molecule has 2 heterocycles. The van der Waals surface area contributed by atoms with Gasteiger partial charge in [-0.15, -0.1) is 0 Å². The van der Waals surface area contributed by atoms with E-state index in [0.29, 0.717) is 31.7 Å². The minimum Gasteiger partial charge on any atom is -0.381 e. The summed E-state index contributed by atoms with van der Waals surface area (Å²) in [7, 11) is -2.72. The Morgan fingerprint density at radius 3 is 2.42 bits per heavy atom. The van der Waals surface area contributed by atoms with Crippen molar-refractivity contribution in [2.75, 3.05) is 29.9 Å². The Balaban J connectivity index is 1.36. The molecule has 1 saturated heterocycles. The third kappa shape index (κ3) is 5.75. The van der Waals surface area contributed by atoms with Crippen molar-refractivity contribution in [1.82, 2.24) is 14.9 Å². The molecule has 0 spiro atoms. The minimum atomic E-state index is -4.66. The maximum absolute atomic E-state index is 13.9. The highest BCUT2D eigenvalue weighted by molar-refractivity contribution is 7.92. The summed E-state index contributed by atoms with van der Waals surface area (Å²) in [6.07, 6.45) is -0.467. The summed E-state index contributed by atoms with van der Waals surface area (Å²) in [5.41, 5.74) is 0.728. The van der Waals surface area contributed by atoms with Crippen molar-refractivity contribution in [3.8, 4) is 0 Å². The molecule has 2 aliphatic rings. The van der Waals surface area contributed by atoms with Crippen molar-refractivity contribution >= 4 is 38.5 Å². The van der Waals surface area contributed by atoms with E-state index in [1.54, 1.807) is 0 Å². The van der Waals surface area contributed by atoms with E-state index in [-0.39, 0.29) is 45.6 Å². The number of halogens is 3. The number of amides is 2. The van der Waals surface area contributed by atoms with Crippen LogP contribution in [-0.2, 0) is 27.5 Å². The van der Waals surface area contributed by atoms with Crippen LogP contribution in [0.5, 0.6) is 0 Å². The van der Waals surface area contributed by atoms with Crippen molar-refractivity contribution in [3.63, 3.8) is 0 Å². The Morgan fingerprint density at radius 1 is 1.15 bits per heavy atom. The largest absolute Gasteiger partial charge is 0.449 e. The third-order valence-electron chi connectivity index (χ3n) is 7.77. The lowest BCUT2D eigenvalue weighted by Gasteiger charge is -2.38. The highest BCUT2D eigenvalue weighted by atomic mass is 32.2. The lowest BCUT2D eigenvalue weighted by Crippen LogP contribution is -2.52. The first-order chi connectivity index (χ1) is 18.9. The molecule has 1 aliphatic carbocycles. The molecule has 9 nitrogen and oxygen atoms in total. The van der Waals surface area contributed by atoms with Crippen molar-refractivity contribution in [3.05, 3.63) is 48.3 Å². The number of hydrogen-bond donors (Lipinski definition) is 2. The number of carbonyl (C=O) groups is 1. The maximum atomic E-state index is 13.9. The molecule has 0 radical (unpaired) electrons. The van der Waals surface area contributed by atoms with Crippen LogP contribution >= 0.6 is 0 Å². The average Bonchev–Trinajstić information content (AvgIpc) is 3.26. The molecule has 0 bridgehead atoms. The Labute approximate surface area is 230 Å². The fourth-order valence-electron chi connectivity index (χ4n) is 5.18. The molecular formula is C27H32F3N5O4S. The van der Waals surface area contributed by atoms with Gasteiger partial charge in [0.2, 0.25) is 5.82 Å². The Bertz CT molecular complexity index is 1490. The summed E-state index contributed by atoms with van der Waals surface area (Å²) in [5, 5.41) is 5.62. The maximum Gasteiger partial charge on any atom is 0.449 e. The second-order valence-electron chi connectivity index (χ2n) is 10.8. The van der Waals surface area contributed by atoms with Crippen LogP contribution in [0.3, 0.4) is 0 Å². The van der Waals surface area contributed by atoms with Crippen molar-refractivity contribution < 1.29 is 31.1 Å². The first-order valence-corrected chi connectivity index (χ1v) is 14.6. The molecule has 5 rings (SSSR count). The quantitative estimate of drug-likeness (QED) is 0.392. The zero-order chi connectivity index (χ0) is 28.7. The standard InChI is InChI=1S/C27H32F3N5O4S/c1-26(12-3-13-26)33-25(36)31-19-4-7-21(8-5-19)40(37,38)34(2)20-6-9-23-22(16-20)32-24(27(28,29)30)35(23)17-18-10-14-39-15-11-18/h4-9,16,18H,3,10-15,17H2,1-2H3,(H2,31,33,36). The van der Waals surface area contributed by atoms with Gasteiger partial charge in [0, 0.05) is 38.0 Å². The summed E-state index contributed by atoms with van der Waals surface area (Å²) in [6, 6.07) is 9.66. The lowest BCUT2D eigenvalue weighted by molar-refractivity contribution is -0.147. The van der Waals surface area contributed by atoms with Crippen LogP contribution < -0.4 is 14.9 Å². The van der Waals surface area contributed by atoms with Gasteiger partial charge in [-0.1, -0.05) is 0 Å². The van der Waals surface area contributed by atoms with Gasteiger partial charge < -0.3 is 19.9 Å². The summed E-state index contributed by atoms with van der Waals surface area (Å²) >= 11 is 0. The van der Waals surface area contributed by atoms with Crippen LogP contribution in [0.15, 0.2) is 47.4 Å². The van der Waals surface area contributed by atoms with Crippen LogP contribution in [0.1, 0.15) is 44.9 Å². The summed E-state index contributed by atoms with van der Waals surface area (Å²) in [4.78, 5) is 16.1. The molecule has 2 aromatic carbocycles. The molecule has 0 unspecified atom stereocenters. The number of sulfonamides is 1. The Kier molecular flexibility index (Phi) is 7.47. The predicted molar refractivity (Wildman–Crippen MR) is 145 cm³/mol. The molecule has 40 heavy (non-hydrogen) atoms. The highest BCUT2D eigenvalue weighted by Crippen LogP contribution is 2.35. The Morgan fingerprint density at radius 2 is 1.82 bits per heavy atom. The molecule has 1 aromatic heterocycles. The summed E-state index contributed by atoms with van der Waals surface area (Å²) in [6.45, 7) is 3.14. The van der Waals surface area contributed by atoms with E-state index in [0.717, 1.165) is 23.6 Å². The smallest absolute Gasteiger partial charge is 0.381 e. The van der Waals surface area contributed by atoms with E-state index in [9.17, 15) is 26.4 Å². The second-order valence-corrected chi connectivity index (χ2v) is 12.7. The highest BCUT2D eigenvalue weighted by Gasteiger charge is 2.38. The van der Waals surface area contributed by atoms with Crippen molar-refractivity contribution in [2.45, 2.75) is 62.2 Å². The zero-order valence-electron chi connectivity index (χ0n) is 22.3. The fraction of sp³-hybridized carbons (Fsp3) is 0.481. The molecule has 2 amide bonds. The normalized spacial score (nSPS) is 17.8. The molecule has 1 aliphatic heterocycles. The number of anilines is 2. The van der Waals surface area contributed by atoms with Gasteiger partial charge in [-0.2, -0.15) is 13.2 Å². The molecule has 2 N–H and O–H groups in total. The van der Waals surface area contributed by atoms with E-state index >= 15 is 0 Å². The number of rotatable bonds is 7. The second kappa shape index (κ2) is 10.6. The van der Waals surface area contributed by atoms with Gasteiger partial charge in [0.1, 0.15) is 0 Å². The number of hydrogen-bond acceptors (Lipinski definition) is 5. The molecule has 0 atom stereocenters. The number of urea groups is 1. The fourth-order valence-corrected chi connectivity index (χ4v) is 6.37. The van der Waals surface area contributed by atoms with Gasteiger partial charge in [0.25, 0.3) is 10.0 Å². The third-order valence-corrected chi connectivity index (χ3v) is 9.57. The number of alkyl halides is 3. The van der Waals surface area contributed by atoms with Gasteiger partial charge in [-0.05, 0) is 87.4 Å². The molecular weight excluding hydrogens is 547 g/mol. The van der Waals surface area contributed by atoms with E-state index in [2.05, 4.69) is 15.6 Å². The minimum absolute atomic E-state index is 0.0276. The first kappa shape index (κ1) is 28.2.